The summed E-state index contributed by atoms with van der Waals surface area (Å²) < 4.78 is 23.3. The fraction of sp³-hybridized carbons (Fsp3) is 0.471. The maximum atomic E-state index is 12.5. The summed E-state index contributed by atoms with van der Waals surface area (Å²) in [6.45, 7) is 4.47. The van der Waals surface area contributed by atoms with Crippen molar-refractivity contribution in [2.45, 2.75) is 32.7 Å². The van der Waals surface area contributed by atoms with Crippen LogP contribution in [0.3, 0.4) is 0 Å². The molecule has 23 heavy (non-hydrogen) atoms. The lowest BCUT2D eigenvalue weighted by Gasteiger charge is -2.26. The number of hydrogen-bond acceptors (Lipinski definition) is 3. The number of amides is 1. The van der Waals surface area contributed by atoms with Crippen molar-refractivity contribution in [3.05, 3.63) is 40.4 Å². The minimum Gasteiger partial charge on any atom is -0.335 e. The van der Waals surface area contributed by atoms with Gasteiger partial charge in [-0.05, 0) is 43.0 Å². The summed E-state index contributed by atoms with van der Waals surface area (Å²) >= 11 is 6.08. The van der Waals surface area contributed by atoms with Gasteiger partial charge in [0.1, 0.15) is 0 Å². The molecule has 1 unspecified atom stereocenters. The van der Waals surface area contributed by atoms with E-state index in [-0.39, 0.29) is 23.5 Å². The Balaban J connectivity index is 2.11. The molecule has 0 N–H and O–H groups in total. The monoisotopic (exact) mass is 355 g/mol. The van der Waals surface area contributed by atoms with Crippen molar-refractivity contribution < 1.29 is 13.2 Å². The van der Waals surface area contributed by atoms with E-state index >= 15 is 0 Å². The third-order valence-corrected chi connectivity index (χ3v) is 6.17. The third-order valence-electron chi connectivity index (χ3n) is 4.01. The lowest BCUT2D eigenvalue weighted by molar-refractivity contribution is -0.127. The van der Waals surface area contributed by atoms with E-state index in [1.807, 2.05) is 32.0 Å². The molecule has 0 spiro atoms. The van der Waals surface area contributed by atoms with E-state index in [0.29, 0.717) is 18.0 Å². The first kappa shape index (κ1) is 18.0. The van der Waals surface area contributed by atoms with Crippen LogP contribution in [0, 0.1) is 6.92 Å². The highest BCUT2D eigenvalue weighted by Gasteiger charge is 2.33. The third kappa shape index (κ3) is 4.82. The lowest BCUT2D eigenvalue weighted by Crippen LogP contribution is -2.40. The first-order chi connectivity index (χ1) is 10.8. The van der Waals surface area contributed by atoms with Crippen molar-refractivity contribution in [2.24, 2.45) is 0 Å². The minimum atomic E-state index is -3.01. The number of sulfone groups is 1. The molecule has 1 aliphatic rings. The average Bonchev–Trinajstić information content (AvgIpc) is 2.85. The van der Waals surface area contributed by atoms with Gasteiger partial charge < -0.3 is 4.90 Å². The van der Waals surface area contributed by atoms with Crippen LogP contribution in [0.25, 0.3) is 6.08 Å². The number of nitrogens with zero attached hydrogens (tertiary/aromatic N) is 1. The molecule has 1 saturated heterocycles. The lowest BCUT2D eigenvalue weighted by atomic mass is 10.1. The molecule has 1 aromatic carbocycles. The van der Waals surface area contributed by atoms with Crippen LogP contribution < -0.4 is 0 Å². The van der Waals surface area contributed by atoms with Gasteiger partial charge in [-0.25, -0.2) is 8.42 Å². The van der Waals surface area contributed by atoms with Gasteiger partial charge >= 0.3 is 0 Å². The van der Waals surface area contributed by atoms with Crippen LogP contribution >= 0.6 is 11.6 Å². The molecule has 0 aliphatic carbocycles. The molecular weight excluding hydrogens is 334 g/mol. The normalized spacial score (nSPS) is 20.0. The van der Waals surface area contributed by atoms with Gasteiger partial charge in [0, 0.05) is 23.7 Å². The van der Waals surface area contributed by atoms with Crippen molar-refractivity contribution in [3.8, 4) is 0 Å². The quantitative estimate of drug-likeness (QED) is 0.763. The van der Waals surface area contributed by atoms with Crippen LogP contribution in [0.15, 0.2) is 24.3 Å². The largest absolute Gasteiger partial charge is 0.335 e. The molecule has 1 aliphatic heterocycles. The Morgan fingerprint density at radius 3 is 2.74 bits per heavy atom. The Kier molecular flexibility index (Phi) is 5.87. The highest BCUT2D eigenvalue weighted by Crippen LogP contribution is 2.20. The Morgan fingerprint density at radius 1 is 1.43 bits per heavy atom. The molecule has 1 heterocycles. The van der Waals surface area contributed by atoms with E-state index in [9.17, 15) is 13.2 Å². The molecule has 1 amide bonds. The maximum absolute atomic E-state index is 12.5. The first-order valence-corrected chi connectivity index (χ1v) is 9.97. The predicted octanol–water partition coefficient (Wildman–Crippen LogP) is 3.09. The molecule has 0 radical (unpaired) electrons. The zero-order valence-electron chi connectivity index (χ0n) is 13.5. The molecule has 2 rings (SSSR count). The van der Waals surface area contributed by atoms with Gasteiger partial charge in [-0.2, -0.15) is 0 Å². The summed E-state index contributed by atoms with van der Waals surface area (Å²) in [6, 6.07) is 5.40. The number of rotatable bonds is 5. The van der Waals surface area contributed by atoms with Crippen molar-refractivity contribution in [3.63, 3.8) is 0 Å². The summed E-state index contributed by atoms with van der Waals surface area (Å²) in [5.41, 5.74) is 1.84. The van der Waals surface area contributed by atoms with Crippen LogP contribution in [0.5, 0.6) is 0 Å². The highest BCUT2D eigenvalue weighted by atomic mass is 35.5. The van der Waals surface area contributed by atoms with Crippen LogP contribution in [0.4, 0.5) is 0 Å². The number of carbonyl (C=O) groups is 1. The van der Waals surface area contributed by atoms with Gasteiger partial charge in [0.15, 0.2) is 9.84 Å². The van der Waals surface area contributed by atoms with Gasteiger partial charge in [0.05, 0.1) is 11.5 Å². The van der Waals surface area contributed by atoms with E-state index in [4.69, 9.17) is 11.6 Å². The van der Waals surface area contributed by atoms with Crippen molar-refractivity contribution in [1.29, 1.82) is 0 Å². The van der Waals surface area contributed by atoms with Crippen molar-refractivity contribution >= 4 is 33.4 Å². The van der Waals surface area contributed by atoms with Crippen molar-refractivity contribution in [2.75, 3.05) is 18.1 Å². The van der Waals surface area contributed by atoms with Crippen LogP contribution in [0.1, 0.15) is 30.9 Å². The van der Waals surface area contributed by atoms with Crippen LogP contribution in [-0.2, 0) is 14.6 Å². The van der Waals surface area contributed by atoms with Gasteiger partial charge in [-0.3, -0.25) is 4.79 Å². The molecule has 0 saturated carbocycles. The fourth-order valence-electron chi connectivity index (χ4n) is 2.71. The number of aryl methyl sites for hydroxylation is 1. The molecule has 1 aromatic rings. The van der Waals surface area contributed by atoms with E-state index < -0.39 is 9.84 Å². The first-order valence-electron chi connectivity index (χ1n) is 7.77. The molecule has 1 atom stereocenters. The molecular formula is C17H22ClNO3S. The van der Waals surface area contributed by atoms with E-state index in [1.54, 1.807) is 11.0 Å². The molecule has 0 bridgehead atoms. The second-order valence-corrected chi connectivity index (χ2v) is 8.57. The summed E-state index contributed by atoms with van der Waals surface area (Å²) in [5, 5.41) is 0.659. The second-order valence-electron chi connectivity index (χ2n) is 5.93. The minimum absolute atomic E-state index is 0.0724. The molecule has 4 nitrogen and oxygen atoms in total. The standard InChI is InChI=1S/C17H22ClNO3S/c1-3-9-19(15-8-10-23(21,22)12-15)17(20)7-6-14-5-4-13(2)16(18)11-14/h4-7,11,15H,3,8-10,12H2,1-2H3/b7-6+. The van der Waals surface area contributed by atoms with Gasteiger partial charge in [0.25, 0.3) is 0 Å². The predicted molar refractivity (Wildman–Crippen MR) is 94.3 cm³/mol. The Hall–Kier alpha value is -1.33. The molecule has 6 heteroatoms. The average molecular weight is 356 g/mol. The summed E-state index contributed by atoms with van der Waals surface area (Å²) in [5.74, 6) is 0.0939. The number of carbonyl (C=O) groups excluding carboxylic acids is 1. The maximum Gasteiger partial charge on any atom is 0.246 e. The Bertz CT molecular complexity index is 713. The fourth-order valence-corrected chi connectivity index (χ4v) is 4.63. The highest BCUT2D eigenvalue weighted by molar-refractivity contribution is 7.91. The number of hydrogen-bond donors (Lipinski definition) is 0. The Morgan fingerprint density at radius 2 is 2.17 bits per heavy atom. The summed E-state index contributed by atoms with van der Waals surface area (Å²) in [4.78, 5) is 14.1. The van der Waals surface area contributed by atoms with Gasteiger partial charge in [0.2, 0.25) is 5.91 Å². The van der Waals surface area contributed by atoms with E-state index in [2.05, 4.69) is 0 Å². The van der Waals surface area contributed by atoms with Crippen molar-refractivity contribution in [1.82, 2.24) is 4.90 Å². The summed E-state index contributed by atoms with van der Waals surface area (Å²) in [7, 11) is -3.01. The Labute approximate surface area is 143 Å². The smallest absolute Gasteiger partial charge is 0.246 e. The van der Waals surface area contributed by atoms with Crippen LogP contribution in [0.2, 0.25) is 5.02 Å². The second kappa shape index (κ2) is 7.49. The van der Waals surface area contributed by atoms with Crippen LogP contribution in [-0.4, -0.2) is 43.3 Å². The van der Waals surface area contributed by atoms with E-state index in [0.717, 1.165) is 17.5 Å². The van der Waals surface area contributed by atoms with Gasteiger partial charge in [-0.15, -0.1) is 0 Å². The van der Waals surface area contributed by atoms with E-state index in [1.165, 1.54) is 6.08 Å². The molecule has 126 valence electrons. The number of halogens is 1. The zero-order chi connectivity index (χ0) is 17.0. The number of benzene rings is 1. The van der Waals surface area contributed by atoms with Gasteiger partial charge in [-0.1, -0.05) is 30.7 Å². The zero-order valence-corrected chi connectivity index (χ0v) is 15.0. The summed E-state index contributed by atoms with van der Waals surface area (Å²) in [6.07, 6.45) is 4.55. The molecule has 0 aromatic heterocycles. The topological polar surface area (TPSA) is 54.5 Å². The SMILES string of the molecule is CCCN(C(=O)/C=C/c1ccc(C)c(Cl)c1)C1CCS(=O)(=O)C1. The molecule has 1 fully saturated rings.